The first kappa shape index (κ1) is 13.9. The van der Waals surface area contributed by atoms with Crippen molar-refractivity contribution in [3.05, 3.63) is 35.9 Å². The highest BCUT2D eigenvalue weighted by atomic mass is 16.5. The maximum absolute atomic E-state index is 10.4. The molecule has 2 nitrogen and oxygen atoms in total. The Kier molecular flexibility index (Phi) is 5.56. The van der Waals surface area contributed by atoms with E-state index in [1.807, 2.05) is 18.2 Å². The SMILES string of the molecule is C#CCOCC#CC(O)(C#CC)c1ccccc1. The van der Waals surface area contributed by atoms with Crippen LogP contribution in [0.4, 0.5) is 0 Å². The van der Waals surface area contributed by atoms with Gasteiger partial charge in [-0.3, -0.25) is 0 Å². The second-order valence-electron chi connectivity index (χ2n) is 3.45. The zero-order valence-corrected chi connectivity index (χ0v) is 10.2. The van der Waals surface area contributed by atoms with Crippen molar-refractivity contribution in [2.45, 2.75) is 12.5 Å². The molecule has 1 rings (SSSR count). The summed E-state index contributed by atoms with van der Waals surface area (Å²) in [5.74, 6) is 13.2. The maximum Gasteiger partial charge on any atom is 0.214 e. The Morgan fingerprint density at radius 3 is 2.56 bits per heavy atom. The molecule has 0 fully saturated rings. The molecule has 1 atom stereocenters. The van der Waals surface area contributed by atoms with Crippen molar-refractivity contribution in [2.24, 2.45) is 0 Å². The van der Waals surface area contributed by atoms with E-state index in [0.29, 0.717) is 5.56 Å². The number of hydrogen-bond acceptors (Lipinski definition) is 2. The van der Waals surface area contributed by atoms with Gasteiger partial charge in [-0.1, -0.05) is 48.1 Å². The van der Waals surface area contributed by atoms with Crippen LogP contribution in [0.3, 0.4) is 0 Å². The molecule has 1 unspecified atom stereocenters. The average molecular weight is 238 g/mol. The van der Waals surface area contributed by atoms with E-state index in [1.165, 1.54) is 0 Å². The van der Waals surface area contributed by atoms with Gasteiger partial charge >= 0.3 is 0 Å². The van der Waals surface area contributed by atoms with E-state index in [2.05, 4.69) is 29.6 Å². The smallest absolute Gasteiger partial charge is 0.214 e. The quantitative estimate of drug-likeness (QED) is 0.639. The molecule has 0 saturated carbocycles. The molecule has 1 N–H and O–H groups in total. The summed E-state index contributed by atoms with van der Waals surface area (Å²) in [6.45, 7) is 2.03. The van der Waals surface area contributed by atoms with E-state index >= 15 is 0 Å². The molecule has 0 spiro atoms. The zero-order chi connectivity index (χ0) is 13.3. The second kappa shape index (κ2) is 7.21. The Morgan fingerprint density at radius 2 is 1.94 bits per heavy atom. The van der Waals surface area contributed by atoms with Gasteiger partial charge in [-0.25, -0.2) is 0 Å². The number of rotatable bonds is 3. The van der Waals surface area contributed by atoms with Crippen molar-refractivity contribution in [1.29, 1.82) is 0 Å². The molecule has 0 aliphatic carbocycles. The summed E-state index contributed by atoms with van der Waals surface area (Å²) in [4.78, 5) is 0. The summed E-state index contributed by atoms with van der Waals surface area (Å²) in [6, 6.07) is 9.08. The van der Waals surface area contributed by atoms with Crippen molar-refractivity contribution in [3.63, 3.8) is 0 Å². The van der Waals surface area contributed by atoms with Gasteiger partial charge in [0.1, 0.15) is 13.2 Å². The Morgan fingerprint density at radius 1 is 1.22 bits per heavy atom. The molecule has 90 valence electrons. The van der Waals surface area contributed by atoms with Gasteiger partial charge < -0.3 is 9.84 Å². The number of terminal acetylenes is 1. The van der Waals surface area contributed by atoms with E-state index in [1.54, 1.807) is 19.1 Å². The first-order valence-electron chi connectivity index (χ1n) is 5.46. The average Bonchev–Trinajstić information content (AvgIpc) is 2.40. The van der Waals surface area contributed by atoms with E-state index in [9.17, 15) is 5.11 Å². The predicted molar refractivity (Wildman–Crippen MR) is 71.2 cm³/mol. The minimum atomic E-state index is -1.46. The summed E-state index contributed by atoms with van der Waals surface area (Å²) in [5.41, 5.74) is -0.820. The lowest BCUT2D eigenvalue weighted by molar-refractivity contribution is 0.163. The normalized spacial score (nSPS) is 12.1. The molecule has 2 heteroatoms. The van der Waals surface area contributed by atoms with Crippen LogP contribution in [0.1, 0.15) is 12.5 Å². The minimum absolute atomic E-state index is 0.171. The van der Waals surface area contributed by atoms with Crippen LogP contribution in [0, 0.1) is 36.0 Å². The van der Waals surface area contributed by atoms with Crippen LogP contribution < -0.4 is 0 Å². The molecule has 0 aromatic heterocycles. The zero-order valence-electron chi connectivity index (χ0n) is 10.2. The van der Waals surface area contributed by atoms with Gasteiger partial charge in [0.05, 0.1) is 0 Å². The topological polar surface area (TPSA) is 29.5 Å². The van der Waals surface area contributed by atoms with Crippen LogP contribution in [-0.4, -0.2) is 18.3 Å². The van der Waals surface area contributed by atoms with Gasteiger partial charge in [-0.05, 0) is 12.8 Å². The minimum Gasteiger partial charge on any atom is -0.364 e. The Labute approximate surface area is 108 Å². The van der Waals surface area contributed by atoms with Crippen LogP contribution in [0.5, 0.6) is 0 Å². The maximum atomic E-state index is 10.4. The first-order valence-corrected chi connectivity index (χ1v) is 5.46. The second-order valence-corrected chi connectivity index (χ2v) is 3.45. The van der Waals surface area contributed by atoms with Crippen molar-refractivity contribution in [1.82, 2.24) is 0 Å². The lowest BCUT2D eigenvalue weighted by Gasteiger charge is -2.15. The summed E-state index contributed by atoms with van der Waals surface area (Å²) in [5, 5.41) is 10.4. The van der Waals surface area contributed by atoms with Gasteiger partial charge in [0, 0.05) is 5.56 Å². The number of ether oxygens (including phenoxy) is 1. The standard InChI is InChI=1S/C16H14O2/c1-3-11-16(17,12-8-14-18-13-4-2)15-9-6-5-7-10-15/h2,5-7,9-10,17H,13-14H2,1H3. The van der Waals surface area contributed by atoms with Gasteiger partial charge in [-0.2, -0.15) is 0 Å². The number of hydrogen-bond donors (Lipinski definition) is 1. The third kappa shape index (κ3) is 4.00. The van der Waals surface area contributed by atoms with Crippen molar-refractivity contribution in [2.75, 3.05) is 13.2 Å². The molecule has 0 aliphatic heterocycles. The predicted octanol–water partition coefficient (Wildman–Crippen LogP) is 1.55. The van der Waals surface area contributed by atoms with Crippen molar-refractivity contribution < 1.29 is 9.84 Å². The molecule has 0 saturated heterocycles. The highest BCUT2D eigenvalue weighted by Gasteiger charge is 2.23. The van der Waals surface area contributed by atoms with Crippen molar-refractivity contribution in [3.8, 4) is 36.0 Å². The molecule has 0 heterocycles. The van der Waals surface area contributed by atoms with Gasteiger partial charge in [0.15, 0.2) is 0 Å². The summed E-state index contributed by atoms with van der Waals surface area (Å²) >= 11 is 0. The van der Waals surface area contributed by atoms with Crippen LogP contribution in [0.2, 0.25) is 0 Å². The summed E-state index contributed by atoms with van der Waals surface area (Å²) < 4.78 is 5.02. The summed E-state index contributed by atoms with van der Waals surface area (Å²) in [7, 11) is 0. The van der Waals surface area contributed by atoms with E-state index in [0.717, 1.165) is 0 Å². The Bertz CT molecular complexity index is 532. The van der Waals surface area contributed by atoms with Gasteiger partial charge in [-0.15, -0.1) is 12.3 Å². The third-order valence-corrected chi connectivity index (χ3v) is 2.13. The highest BCUT2D eigenvalue weighted by Crippen LogP contribution is 2.18. The van der Waals surface area contributed by atoms with Crippen molar-refractivity contribution >= 4 is 0 Å². The van der Waals surface area contributed by atoms with Crippen LogP contribution in [0.25, 0.3) is 0 Å². The molecule has 1 aromatic rings. The third-order valence-electron chi connectivity index (χ3n) is 2.13. The van der Waals surface area contributed by atoms with Crippen LogP contribution in [0.15, 0.2) is 30.3 Å². The largest absolute Gasteiger partial charge is 0.364 e. The molecular formula is C16H14O2. The number of benzene rings is 1. The molecule has 0 bridgehead atoms. The molecule has 1 aromatic carbocycles. The number of aliphatic hydroxyl groups is 1. The highest BCUT2D eigenvalue weighted by molar-refractivity contribution is 5.41. The van der Waals surface area contributed by atoms with Gasteiger partial charge in [0.25, 0.3) is 0 Å². The monoisotopic (exact) mass is 238 g/mol. The molecule has 0 amide bonds. The lowest BCUT2D eigenvalue weighted by atomic mass is 9.95. The molecule has 18 heavy (non-hydrogen) atoms. The fraction of sp³-hybridized carbons (Fsp3) is 0.250. The molecule has 0 aliphatic rings. The Hall–Kier alpha value is -2.18. The lowest BCUT2D eigenvalue weighted by Crippen LogP contribution is -2.21. The van der Waals surface area contributed by atoms with Crippen LogP contribution in [-0.2, 0) is 10.3 Å². The van der Waals surface area contributed by atoms with E-state index < -0.39 is 5.60 Å². The van der Waals surface area contributed by atoms with Gasteiger partial charge in [0.2, 0.25) is 5.60 Å². The molecular weight excluding hydrogens is 224 g/mol. The molecule has 0 radical (unpaired) electrons. The first-order chi connectivity index (χ1) is 8.73. The fourth-order valence-corrected chi connectivity index (χ4v) is 1.36. The summed E-state index contributed by atoms with van der Waals surface area (Å²) in [6.07, 6.45) is 5.04. The van der Waals surface area contributed by atoms with E-state index in [-0.39, 0.29) is 13.2 Å². The van der Waals surface area contributed by atoms with E-state index in [4.69, 9.17) is 11.2 Å². The Balaban J connectivity index is 2.88. The fourth-order valence-electron chi connectivity index (χ4n) is 1.36. The van der Waals surface area contributed by atoms with Crippen LogP contribution >= 0.6 is 0 Å².